The van der Waals surface area contributed by atoms with E-state index in [1.807, 2.05) is 6.92 Å². The summed E-state index contributed by atoms with van der Waals surface area (Å²) < 4.78 is 10.3. The van der Waals surface area contributed by atoms with Crippen molar-refractivity contribution in [2.75, 3.05) is 26.1 Å². The minimum absolute atomic E-state index is 0.419. The first-order valence-corrected chi connectivity index (χ1v) is 5.43. The zero-order valence-electron chi connectivity index (χ0n) is 10.7. The van der Waals surface area contributed by atoms with Crippen molar-refractivity contribution in [3.05, 3.63) is 17.7 Å². The number of carbonyl (C=O) groups excluding carboxylic acids is 1. The van der Waals surface area contributed by atoms with E-state index in [0.29, 0.717) is 17.2 Å². The molecule has 0 saturated heterocycles. The van der Waals surface area contributed by atoms with Crippen LogP contribution < -0.4 is 20.5 Å². The molecule has 0 aliphatic rings. The van der Waals surface area contributed by atoms with Crippen molar-refractivity contribution < 1.29 is 19.4 Å². The number of methoxy groups -OCH3 is 2. The fourth-order valence-corrected chi connectivity index (χ4v) is 1.46. The lowest BCUT2D eigenvalue weighted by atomic mass is 10.1. The van der Waals surface area contributed by atoms with E-state index in [0.717, 1.165) is 5.56 Å². The topological polar surface area (TPSA) is 93.8 Å². The summed E-state index contributed by atoms with van der Waals surface area (Å²) in [7, 11) is 3.04. The van der Waals surface area contributed by atoms with Crippen molar-refractivity contribution in [3.8, 4) is 11.5 Å². The summed E-state index contributed by atoms with van der Waals surface area (Å²) in [6, 6.07) is 2.43. The standard InChI is InChI=1S/C12H18N2O4/c1-7-4-11(18-3)9(5-10(7)17-2)14-12(16)8(13)6-15/h4-5,8,15H,6,13H2,1-3H3,(H,14,16). The predicted molar refractivity (Wildman–Crippen MR) is 68.0 cm³/mol. The highest BCUT2D eigenvalue weighted by Crippen LogP contribution is 2.32. The fraction of sp³-hybridized carbons (Fsp3) is 0.417. The van der Waals surface area contributed by atoms with E-state index in [1.165, 1.54) is 7.11 Å². The van der Waals surface area contributed by atoms with Gasteiger partial charge in [0, 0.05) is 6.07 Å². The molecule has 1 atom stereocenters. The van der Waals surface area contributed by atoms with Gasteiger partial charge in [-0.15, -0.1) is 0 Å². The van der Waals surface area contributed by atoms with Gasteiger partial charge in [0.25, 0.3) is 0 Å². The molecular weight excluding hydrogens is 236 g/mol. The molecule has 0 heterocycles. The van der Waals surface area contributed by atoms with E-state index in [4.69, 9.17) is 20.3 Å². The molecule has 1 aromatic carbocycles. The second-order valence-electron chi connectivity index (χ2n) is 3.80. The fourth-order valence-electron chi connectivity index (χ4n) is 1.46. The van der Waals surface area contributed by atoms with Gasteiger partial charge in [0.2, 0.25) is 5.91 Å². The van der Waals surface area contributed by atoms with Crippen molar-refractivity contribution in [1.29, 1.82) is 0 Å². The molecule has 1 rings (SSSR count). The van der Waals surface area contributed by atoms with E-state index in [9.17, 15) is 4.79 Å². The van der Waals surface area contributed by atoms with Gasteiger partial charge >= 0.3 is 0 Å². The first-order valence-electron chi connectivity index (χ1n) is 5.43. The summed E-state index contributed by atoms with van der Waals surface area (Å²) >= 11 is 0. The molecule has 6 nitrogen and oxygen atoms in total. The average Bonchev–Trinajstić information content (AvgIpc) is 2.38. The van der Waals surface area contributed by atoms with Gasteiger partial charge in [0.1, 0.15) is 17.5 Å². The Hall–Kier alpha value is -1.79. The number of benzene rings is 1. The van der Waals surface area contributed by atoms with Crippen LogP contribution in [0, 0.1) is 6.92 Å². The predicted octanol–water partition coefficient (Wildman–Crippen LogP) is 0.270. The van der Waals surface area contributed by atoms with Crippen LogP contribution >= 0.6 is 0 Å². The molecule has 1 amide bonds. The van der Waals surface area contributed by atoms with Crippen LogP contribution in [0.5, 0.6) is 11.5 Å². The number of ether oxygens (including phenoxy) is 2. The molecule has 0 fully saturated rings. The highest BCUT2D eigenvalue weighted by atomic mass is 16.5. The number of anilines is 1. The third-order valence-corrected chi connectivity index (χ3v) is 2.51. The maximum atomic E-state index is 11.6. The highest BCUT2D eigenvalue weighted by Gasteiger charge is 2.16. The smallest absolute Gasteiger partial charge is 0.243 e. The van der Waals surface area contributed by atoms with E-state index in [-0.39, 0.29) is 0 Å². The van der Waals surface area contributed by atoms with Crippen molar-refractivity contribution in [3.63, 3.8) is 0 Å². The van der Waals surface area contributed by atoms with Crippen LogP contribution in [0.4, 0.5) is 5.69 Å². The van der Waals surface area contributed by atoms with Gasteiger partial charge in [-0.05, 0) is 18.6 Å². The lowest BCUT2D eigenvalue weighted by Gasteiger charge is -2.15. The number of nitrogens with two attached hydrogens (primary N) is 1. The van der Waals surface area contributed by atoms with Crippen LogP contribution in [0.15, 0.2) is 12.1 Å². The number of hydrogen-bond donors (Lipinski definition) is 3. The second kappa shape index (κ2) is 6.23. The molecule has 0 saturated carbocycles. The number of nitrogens with one attached hydrogen (secondary N) is 1. The molecule has 0 aliphatic carbocycles. The normalized spacial score (nSPS) is 11.8. The summed E-state index contributed by atoms with van der Waals surface area (Å²) in [6.45, 7) is 1.45. The summed E-state index contributed by atoms with van der Waals surface area (Å²) in [5, 5.41) is 11.4. The van der Waals surface area contributed by atoms with Gasteiger partial charge < -0.3 is 25.6 Å². The maximum absolute atomic E-state index is 11.6. The molecule has 1 unspecified atom stereocenters. The molecule has 0 aliphatic heterocycles. The molecule has 0 spiro atoms. The lowest BCUT2D eigenvalue weighted by Crippen LogP contribution is -2.38. The van der Waals surface area contributed by atoms with Gasteiger partial charge in [0.05, 0.1) is 26.5 Å². The largest absolute Gasteiger partial charge is 0.496 e. The Labute approximate surface area is 106 Å². The minimum Gasteiger partial charge on any atom is -0.496 e. The Morgan fingerprint density at radius 2 is 2.00 bits per heavy atom. The zero-order valence-corrected chi connectivity index (χ0v) is 10.7. The second-order valence-corrected chi connectivity index (χ2v) is 3.80. The number of aliphatic hydroxyl groups is 1. The van der Waals surface area contributed by atoms with Crippen LogP contribution in [0.3, 0.4) is 0 Å². The molecule has 100 valence electrons. The number of aliphatic hydroxyl groups excluding tert-OH is 1. The number of carbonyl (C=O) groups is 1. The van der Waals surface area contributed by atoms with Gasteiger partial charge in [-0.3, -0.25) is 4.79 Å². The summed E-state index contributed by atoms with van der Waals surface area (Å²) in [4.78, 5) is 11.6. The highest BCUT2D eigenvalue weighted by molar-refractivity contribution is 5.96. The SMILES string of the molecule is COc1cc(NC(=O)C(N)CO)c(OC)cc1C. The molecule has 0 radical (unpaired) electrons. The Bertz CT molecular complexity index is 434. The minimum atomic E-state index is -0.970. The zero-order chi connectivity index (χ0) is 13.7. The Morgan fingerprint density at radius 3 is 2.50 bits per heavy atom. The van der Waals surface area contributed by atoms with Crippen LogP contribution in [0.2, 0.25) is 0 Å². The van der Waals surface area contributed by atoms with Crippen LogP contribution in [0.1, 0.15) is 5.56 Å². The lowest BCUT2D eigenvalue weighted by molar-refractivity contribution is -0.118. The van der Waals surface area contributed by atoms with E-state index in [2.05, 4.69) is 5.32 Å². The summed E-state index contributed by atoms with van der Waals surface area (Å²) in [6.07, 6.45) is 0. The first-order chi connectivity index (χ1) is 8.53. The quantitative estimate of drug-likeness (QED) is 0.701. The molecule has 1 aromatic rings. The van der Waals surface area contributed by atoms with E-state index >= 15 is 0 Å². The molecule has 18 heavy (non-hydrogen) atoms. The number of rotatable bonds is 5. The number of aryl methyl sites for hydroxylation is 1. The average molecular weight is 254 g/mol. The van der Waals surface area contributed by atoms with Gasteiger partial charge in [-0.1, -0.05) is 0 Å². The van der Waals surface area contributed by atoms with E-state index in [1.54, 1.807) is 19.2 Å². The van der Waals surface area contributed by atoms with Crippen molar-refractivity contribution in [2.45, 2.75) is 13.0 Å². The van der Waals surface area contributed by atoms with Crippen molar-refractivity contribution >= 4 is 11.6 Å². The van der Waals surface area contributed by atoms with Crippen LogP contribution in [-0.4, -0.2) is 37.9 Å². The van der Waals surface area contributed by atoms with Crippen molar-refractivity contribution in [1.82, 2.24) is 0 Å². The van der Waals surface area contributed by atoms with Crippen LogP contribution in [0.25, 0.3) is 0 Å². The Kier molecular flexibility index (Phi) is 4.94. The molecule has 0 bridgehead atoms. The number of amides is 1. The third kappa shape index (κ3) is 3.12. The van der Waals surface area contributed by atoms with Gasteiger partial charge in [0.15, 0.2) is 0 Å². The number of hydrogen-bond acceptors (Lipinski definition) is 5. The summed E-state index contributed by atoms with van der Waals surface area (Å²) in [5.41, 5.74) is 6.76. The molecule has 4 N–H and O–H groups in total. The summed E-state index contributed by atoms with van der Waals surface area (Å²) in [5.74, 6) is 0.650. The maximum Gasteiger partial charge on any atom is 0.243 e. The van der Waals surface area contributed by atoms with Gasteiger partial charge in [-0.2, -0.15) is 0 Å². The Balaban J connectivity index is 3.03. The monoisotopic (exact) mass is 254 g/mol. The van der Waals surface area contributed by atoms with Crippen molar-refractivity contribution in [2.24, 2.45) is 5.73 Å². The molecule has 0 aromatic heterocycles. The van der Waals surface area contributed by atoms with Gasteiger partial charge in [-0.25, -0.2) is 0 Å². The third-order valence-electron chi connectivity index (χ3n) is 2.51. The first kappa shape index (κ1) is 14.3. The Morgan fingerprint density at radius 1 is 1.39 bits per heavy atom. The molecular formula is C12H18N2O4. The van der Waals surface area contributed by atoms with E-state index < -0.39 is 18.6 Å². The van der Waals surface area contributed by atoms with Crippen LogP contribution in [-0.2, 0) is 4.79 Å². The molecule has 6 heteroatoms.